The monoisotopic (exact) mass is 232 g/mol. The van der Waals surface area contributed by atoms with Gasteiger partial charge in [0.2, 0.25) is 0 Å². The summed E-state index contributed by atoms with van der Waals surface area (Å²) in [7, 11) is 1.96. The minimum absolute atomic E-state index is 0.681. The van der Waals surface area contributed by atoms with Crippen LogP contribution in [0.4, 0.5) is 0 Å². The van der Waals surface area contributed by atoms with Crippen LogP contribution < -0.4 is 5.32 Å². The van der Waals surface area contributed by atoms with E-state index in [1.165, 1.54) is 0 Å². The van der Waals surface area contributed by atoms with Crippen molar-refractivity contribution in [2.45, 2.75) is 26.9 Å². The highest BCUT2D eigenvalue weighted by molar-refractivity contribution is 5.01. The van der Waals surface area contributed by atoms with E-state index >= 15 is 0 Å². The zero-order chi connectivity index (χ0) is 12.3. The first-order chi connectivity index (χ1) is 8.16. The van der Waals surface area contributed by atoms with Crippen molar-refractivity contribution in [2.24, 2.45) is 7.05 Å². The third-order valence-electron chi connectivity index (χ3n) is 2.61. The van der Waals surface area contributed by atoms with Gasteiger partial charge in [0.05, 0.1) is 12.2 Å². The van der Waals surface area contributed by atoms with Crippen molar-refractivity contribution in [2.75, 3.05) is 0 Å². The lowest BCUT2D eigenvalue weighted by Gasteiger charge is -2.04. The van der Waals surface area contributed by atoms with Crippen LogP contribution in [0.5, 0.6) is 0 Å². The summed E-state index contributed by atoms with van der Waals surface area (Å²) in [6.07, 6.45) is 1.77. The highest BCUT2D eigenvalue weighted by Gasteiger charge is 2.04. The van der Waals surface area contributed by atoms with Gasteiger partial charge in [-0.25, -0.2) is 9.97 Å². The molecule has 0 atom stereocenters. The molecule has 0 saturated heterocycles. The quantitative estimate of drug-likeness (QED) is 0.832. The second kappa shape index (κ2) is 5.01. The predicted octanol–water partition coefficient (Wildman–Crippen LogP) is 0.512. The molecule has 90 valence electrons. The van der Waals surface area contributed by atoms with Crippen molar-refractivity contribution < 1.29 is 0 Å². The summed E-state index contributed by atoms with van der Waals surface area (Å²) < 4.78 is 1.97. The number of aryl methyl sites for hydroxylation is 2. The molecule has 0 radical (unpaired) electrons. The third-order valence-corrected chi connectivity index (χ3v) is 2.61. The Hall–Kier alpha value is -1.82. The van der Waals surface area contributed by atoms with Gasteiger partial charge >= 0.3 is 0 Å². The lowest BCUT2D eigenvalue weighted by Crippen LogP contribution is -2.17. The molecule has 0 unspecified atom stereocenters. The summed E-state index contributed by atoms with van der Waals surface area (Å²) in [5.41, 5.74) is 0.983. The molecule has 2 aromatic rings. The predicted molar refractivity (Wildman–Crippen MR) is 63.1 cm³/mol. The molecule has 0 fully saturated rings. The van der Waals surface area contributed by atoms with Crippen molar-refractivity contribution in [1.82, 2.24) is 30.0 Å². The smallest absolute Gasteiger partial charge is 0.146 e. The lowest BCUT2D eigenvalue weighted by atomic mass is 10.4. The van der Waals surface area contributed by atoms with E-state index in [4.69, 9.17) is 0 Å². The molecular formula is C11H16N6. The highest BCUT2D eigenvalue weighted by Crippen LogP contribution is 1.98. The van der Waals surface area contributed by atoms with Crippen molar-refractivity contribution in [3.8, 4) is 0 Å². The van der Waals surface area contributed by atoms with Crippen LogP contribution in [-0.2, 0) is 20.1 Å². The Bertz CT molecular complexity index is 504. The zero-order valence-electron chi connectivity index (χ0n) is 10.3. The van der Waals surface area contributed by atoms with E-state index in [0.717, 1.165) is 23.2 Å². The molecule has 2 rings (SSSR count). The Labute approximate surface area is 100 Å². The maximum atomic E-state index is 4.32. The van der Waals surface area contributed by atoms with Crippen molar-refractivity contribution in [3.63, 3.8) is 0 Å². The molecule has 0 saturated carbocycles. The van der Waals surface area contributed by atoms with Crippen LogP contribution in [-0.4, -0.2) is 24.7 Å². The fraction of sp³-hybridized carbons (Fsp3) is 0.455. The molecule has 2 heterocycles. The van der Waals surface area contributed by atoms with Crippen molar-refractivity contribution in [3.05, 3.63) is 35.4 Å². The van der Waals surface area contributed by atoms with Crippen LogP contribution in [0.3, 0.4) is 0 Å². The fourth-order valence-corrected chi connectivity index (χ4v) is 1.51. The van der Waals surface area contributed by atoms with Crippen LogP contribution in [0.15, 0.2) is 12.3 Å². The van der Waals surface area contributed by atoms with Gasteiger partial charge in [-0.2, -0.15) is 0 Å². The summed E-state index contributed by atoms with van der Waals surface area (Å²) in [5.74, 6) is 2.63. The Morgan fingerprint density at radius 1 is 1.24 bits per heavy atom. The SMILES string of the molecule is Cc1nccc(CNCc2nnc(C)n2C)n1. The first-order valence-corrected chi connectivity index (χ1v) is 5.51. The average molecular weight is 232 g/mol. The van der Waals surface area contributed by atoms with E-state index < -0.39 is 0 Å². The summed E-state index contributed by atoms with van der Waals surface area (Å²) in [6, 6.07) is 1.90. The van der Waals surface area contributed by atoms with Gasteiger partial charge in [-0.3, -0.25) is 0 Å². The molecule has 0 spiro atoms. The van der Waals surface area contributed by atoms with E-state index in [0.29, 0.717) is 13.1 Å². The van der Waals surface area contributed by atoms with Crippen LogP contribution in [0.2, 0.25) is 0 Å². The fourth-order valence-electron chi connectivity index (χ4n) is 1.51. The Morgan fingerprint density at radius 2 is 2.06 bits per heavy atom. The van der Waals surface area contributed by atoms with Crippen LogP contribution >= 0.6 is 0 Å². The molecule has 6 heteroatoms. The Morgan fingerprint density at radius 3 is 2.71 bits per heavy atom. The van der Waals surface area contributed by atoms with Gasteiger partial charge < -0.3 is 9.88 Å². The maximum absolute atomic E-state index is 4.32. The lowest BCUT2D eigenvalue weighted by molar-refractivity contribution is 0.624. The van der Waals surface area contributed by atoms with E-state index in [-0.39, 0.29) is 0 Å². The van der Waals surface area contributed by atoms with Gasteiger partial charge in [-0.05, 0) is 19.9 Å². The second-order valence-corrected chi connectivity index (χ2v) is 3.92. The van der Waals surface area contributed by atoms with Gasteiger partial charge in [0.25, 0.3) is 0 Å². The standard InChI is InChI=1S/C11H16N6/c1-8-13-5-4-10(14-8)6-12-7-11-16-15-9(2)17(11)3/h4-5,12H,6-7H2,1-3H3. The van der Waals surface area contributed by atoms with Gasteiger partial charge in [0, 0.05) is 19.8 Å². The van der Waals surface area contributed by atoms with E-state index in [9.17, 15) is 0 Å². The number of nitrogens with one attached hydrogen (secondary N) is 1. The molecule has 0 bridgehead atoms. The Kier molecular flexibility index (Phi) is 3.43. The maximum Gasteiger partial charge on any atom is 0.146 e. The third kappa shape index (κ3) is 2.85. The number of aromatic nitrogens is 5. The topological polar surface area (TPSA) is 68.5 Å². The van der Waals surface area contributed by atoms with E-state index in [1.54, 1.807) is 6.20 Å². The molecule has 6 nitrogen and oxygen atoms in total. The molecule has 0 aliphatic carbocycles. The van der Waals surface area contributed by atoms with Gasteiger partial charge in [-0.15, -0.1) is 10.2 Å². The highest BCUT2D eigenvalue weighted by atomic mass is 15.3. The number of nitrogens with zero attached hydrogens (tertiary/aromatic N) is 5. The summed E-state index contributed by atoms with van der Waals surface area (Å²) >= 11 is 0. The first-order valence-electron chi connectivity index (χ1n) is 5.51. The van der Waals surface area contributed by atoms with Crippen LogP contribution in [0, 0.1) is 13.8 Å². The largest absolute Gasteiger partial charge is 0.317 e. The van der Waals surface area contributed by atoms with E-state index in [2.05, 4.69) is 25.5 Å². The number of hydrogen-bond acceptors (Lipinski definition) is 5. The molecule has 2 aromatic heterocycles. The minimum Gasteiger partial charge on any atom is -0.317 e. The zero-order valence-corrected chi connectivity index (χ0v) is 10.3. The molecule has 0 aliphatic heterocycles. The van der Waals surface area contributed by atoms with E-state index in [1.807, 2.05) is 31.5 Å². The first kappa shape index (κ1) is 11.7. The molecule has 0 aromatic carbocycles. The van der Waals surface area contributed by atoms with Crippen LogP contribution in [0.25, 0.3) is 0 Å². The molecule has 1 N–H and O–H groups in total. The van der Waals surface area contributed by atoms with Gasteiger partial charge in [-0.1, -0.05) is 0 Å². The second-order valence-electron chi connectivity index (χ2n) is 3.92. The minimum atomic E-state index is 0.681. The molecule has 17 heavy (non-hydrogen) atoms. The molecular weight excluding hydrogens is 216 g/mol. The summed E-state index contributed by atoms with van der Waals surface area (Å²) in [6.45, 7) is 5.20. The number of rotatable bonds is 4. The normalized spacial score (nSPS) is 10.8. The summed E-state index contributed by atoms with van der Waals surface area (Å²) in [5, 5.41) is 11.4. The van der Waals surface area contributed by atoms with Gasteiger partial charge in [0.1, 0.15) is 17.5 Å². The van der Waals surface area contributed by atoms with Crippen molar-refractivity contribution >= 4 is 0 Å². The van der Waals surface area contributed by atoms with Gasteiger partial charge in [0.15, 0.2) is 0 Å². The van der Waals surface area contributed by atoms with Crippen molar-refractivity contribution in [1.29, 1.82) is 0 Å². The Balaban J connectivity index is 1.90. The average Bonchev–Trinajstić information content (AvgIpc) is 2.61. The van der Waals surface area contributed by atoms with Crippen LogP contribution in [0.1, 0.15) is 23.2 Å². The summed E-state index contributed by atoms with van der Waals surface area (Å²) in [4.78, 5) is 8.37. The number of hydrogen-bond donors (Lipinski definition) is 1. The molecule has 0 amide bonds. The molecule has 0 aliphatic rings.